The van der Waals surface area contributed by atoms with E-state index < -0.39 is 0 Å². The van der Waals surface area contributed by atoms with E-state index in [0.29, 0.717) is 11.3 Å². The molecule has 1 aromatic carbocycles. The topological polar surface area (TPSA) is 66.7 Å². The molecule has 2 heterocycles. The van der Waals surface area contributed by atoms with E-state index >= 15 is 0 Å². The smallest absolute Gasteiger partial charge is 0.293 e. The van der Waals surface area contributed by atoms with Gasteiger partial charge in [0.05, 0.1) is 4.92 Å². The van der Waals surface area contributed by atoms with Crippen LogP contribution in [-0.4, -0.2) is 40.9 Å². The van der Waals surface area contributed by atoms with Crippen molar-refractivity contribution in [3.05, 3.63) is 33.9 Å². The minimum Gasteiger partial charge on any atom is -0.366 e. The monoisotopic (exact) mass is 359 g/mol. The van der Waals surface area contributed by atoms with Crippen molar-refractivity contribution in [2.45, 2.75) is 70.9 Å². The lowest BCUT2D eigenvalue weighted by Crippen LogP contribution is -2.47. The molecular formula is C20H29N3O3. The molecule has 0 N–H and O–H groups in total. The highest BCUT2D eigenvalue weighted by atomic mass is 16.6. The van der Waals surface area contributed by atoms with Crippen molar-refractivity contribution in [1.82, 2.24) is 4.90 Å². The van der Waals surface area contributed by atoms with Crippen LogP contribution >= 0.6 is 0 Å². The molecule has 142 valence electrons. The van der Waals surface area contributed by atoms with E-state index in [1.165, 1.54) is 18.9 Å². The number of benzene rings is 1. The summed E-state index contributed by atoms with van der Waals surface area (Å²) in [5, 5.41) is 11.7. The van der Waals surface area contributed by atoms with Crippen molar-refractivity contribution in [3.63, 3.8) is 0 Å². The number of hydrogen-bond acceptors (Lipinski definition) is 4. The predicted octanol–water partition coefficient (Wildman–Crippen LogP) is 4.38. The Morgan fingerprint density at radius 1 is 1.04 bits per heavy atom. The zero-order chi connectivity index (χ0) is 18.7. The third-order valence-corrected chi connectivity index (χ3v) is 5.79. The van der Waals surface area contributed by atoms with Gasteiger partial charge in [0.2, 0.25) is 0 Å². The van der Waals surface area contributed by atoms with Crippen LogP contribution in [0.25, 0.3) is 0 Å². The largest absolute Gasteiger partial charge is 0.366 e. The summed E-state index contributed by atoms with van der Waals surface area (Å²) in [6.45, 7) is 5.81. The number of nitro benzene ring substituents is 1. The highest BCUT2D eigenvalue weighted by Crippen LogP contribution is 2.32. The van der Waals surface area contributed by atoms with Gasteiger partial charge in [-0.1, -0.05) is 12.8 Å². The SMILES string of the molecule is CC1CCCC(C)N1C(=O)c1ccc(N2CCCCCC2)c([N+](=O)[O-])c1. The average Bonchev–Trinajstić information content (AvgIpc) is 2.90. The van der Waals surface area contributed by atoms with Crippen LogP contribution in [0.2, 0.25) is 0 Å². The number of piperidine rings is 1. The van der Waals surface area contributed by atoms with Gasteiger partial charge < -0.3 is 9.80 Å². The van der Waals surface area contributed by atoms with Crippen LogP contribution in [-0.2, 0) is 0 Å². The second kappa shape index (κ2) is 8.06. The zero-order valence-electron chi connectivity index (χ0n) is 15.8. The first-order valence-corrected chi connectivity index (χ1v) is 9.85. The molecule has 6 heteroatoms. The third kappa shape index (κ3) is 3.84. The first-order valence-electron chi connectivity index (χ1n) is 9.85. The van der Waals surface area contributed by atoms with Crippen molar-refractivity contribution in [2.75, 3.05) is 18.0 Å². The molecule has 2 unspecified atom stereocenters. The predicted molar refractivity (Wildman–Crippen MR) is 103 cm³/mol. The lowest BCUT2D eigenvalue weighted by atomic mass is 9.96. The van der Waals surface area contributed by atoms with Crippen molar-refractivity contribution in [3.8, 4) is 0 Å². The van der Waals surface area contributed by atoms with Crippen LogP contribution in [0.15, 0.2) is 18.2 Å². The molecule has 1 aromatic rings. The molecule has 2 saturated heterocycles. The number of nitro groups is 1. The summed E-state index contributed by atoms with van der Waals surface area (Å²) in [6.07, 6.45) is 7.56. The van der Waals surface area contributed by atoms with Gasteiger partial charge in [-0.25, -0.2) is 0 Å². The first kappa shape index (κ1) is 18.7. The van der Waals surface area contributed by atoms with E-state index in [0.717, 1.165) is 45.2 Å². The number of anilines is 1. The first-order chi connectivity index (χ1) is 12.5. The van der Waals surface area contributed by atoms with Gasteiger partial charge in [-0.2, -0.15) is 0 Å². The van der Waals surface area contributed by atoms with Crippen molar-refractivity contribution in [1.29, 1.82) is 0 Å². The zero-order valence-corrected chi connectivity index (χ0v) is 15.8. The van der Waals surface area contributed by atoms with Gasteiger partial charge in [0.25, 0.3) is 11.6 Å². The van der Waals surface area contributed by atoms with Gasteiger partial charge >= 0.3 is 0 Å². The van der Waals surface area contributed by atoms with Gasteiger partial charge in [-0.05, 0) is 58.1 Å². The summed E-state index contributed by atoms with van der Waals surface area (Å²) < 4.78 is 0. The van der Waals surface area contributed by atoms with E-state index in [1.807, 2.05) is 4.90 Å². The summed E-state index contributed by atoms with van der Waals surface area (Å²) in [6, 6.07) is 5.38. The Bertz CT molecular complexity index is 658. The highest BCUT2D eigenvalue weighted by Gasteiger charge is 2.31. The molecule has 2 aliphatic rings. The lowest BCUT2D eigenvalue weighted by molar-refractivity contribution is -0.384. The van der Waals surface area contributed by atoms with Crippen LogP contribution < -0.4 is 4.90 Å². The van der Waals surface area contributed by atoms with Gasteiger partial charge in [0, 0.05) is 36.8 Å². The number of hydrogen-bond donors (Lipinski definition) is 0. The molecule has 26 heavy (non-hydrogen) atoms. The second-order valence-electron chi connectivity index (χ2n) is 7.70. The molecule has 3 rings (SSSR count). The molecule has 2 atom stereocenters. The Morgan fingerprint density at radius 3 is 2.23 bits per heavy atom. The van der Waals surface area contributed by atoms with Crippen molar-refractivity contribution >= 4 is 17.3 Å². The number of carbonyl (C=O) groups is 1. The maximum absolute atomic E-state index is 13.0. The standard InChI is InChI=1S/C20H29N3O3/c1-15-8-7-9-16(2)22(15)20(24)17-10-11-18(19(14-17)23(25)26)21-12-5-3-4-6-13-21/h10-11,14-16H,3-9,12-13H2,1-2H3. The summed E-state index contributed by atoms with van der Waals surface area (Å²) in [4.78, 5) is 28.4. The fourth-order valence-electron chi connectivity index (χ4n) is 4.35. The lowest BCUT2D eigenvalue weighted by Gasteiger charge is -2.39. The molecule has 2 aliphatic heterocycles. The van der Waals surface area contributed by atoms with E-state index in [2.05, 4.69) is 18.7 Å². The van der Waals surface area contributed by atoms with E-state index in [9.17, 15) is 14.9 Å². The molecule has 6 nitrogen and oxygen atoms in total. The quantitative estimate of drug-likeness (QED) is 0.593. The van der Waals surface area contributed by atoms with Gasteiger partial charge in [0.15, 0.2) is 0 Å². The summed E-state index contributed by atoms with van der Waals surface area (Å²) in [5.74, 6) is -0.0878. The molecule has 0 aliphatic carbocycles. The van der Waals surface area contributed by atoms with Gasteiger partial charge in [-0.3, -0.25) is 14.9 Å². The summed E-state index contributed by atoms with van der Waals surface area (Å²) in [5.41, 5.74) is 1.12. The summed E-state index contributed by atoms with van der Waals surface area (Å²) in [7, 11) is 0. The molecule has 0 spiro atoms. The number of amides is 1. The van der Waals surface area contributed by atoms with Crippen LogP contribution in [0.1, 0.15) is 69.2 Å². The van der Waals surface area contributed by atoms with Crippen LogP contribution in [0, 0.1) is 10.1 Å². The van der Waals surface area contributed by atoms with Gasteiger partial charge in [0.1, 0.15) is 5.69 Å². The number of rotatable bonds is 3. The van der Waals surface area contributed by atoms with Gasteiger partial charge in [-0.15, -0.1) is 0 Å². The number of carbonyl (C=O) groups excluding carboxylic acids is 1. The molecule has 1 amide bonds. The normalized spacial score (nSPS) is 24.2. The molecule has 2 fully saturated rings. The number of likely N-dealkylation sites (tertiary alicyclic amines) is 1. The maximum atomic E-state index is 13.0. The fraction of sp³-hybridized carbons (Fsp3) is 0.650. The number of nitrogens with zero attached hydrogens (tertiary/aromatic N) is 3. The maximum Gasteiger partial charge on any atom is 0.293 e. The second-order valence-corrected chi connectivity index (χ2v) is 7.70. The Labute approximate surface area is 155 Å². The fourth-order valence-corrected chi connectivity index (χ4v) is 4.35. The minimum absolute atomic E-state index is 0.0510. The Morgan fingerprint density at radius 2 is 1.65 bits per heavy atom. The summed E-state index contributed by atoms with van der Waals surface area (Å²) >= 11 is 0. The Hall–Kier alpha value is -2.11. The minimum atomic E-state index is -0.347. The van der Waals surface area contributed by atoms with E-state index in [4.69, 9.17) is 0 Å². The molecule has 0 aromatic heterocycles. The van der Waals surface area contributed by atoms with Crippen LogP contribution in [0.5, 0.6) is 0 Å². The van der Waals surface area contributed by atoms with E-state index in [-0.39, 0.29) is 28.6 Å². The van der Waals surface area contributed by atoms with Crippen molar-refractivity contribution in [2.24, 2.45) is 0 Å². The molecule has 0 bridgehead atoms. The van der Waals surface area contributed by atoms with E-state index in [1.54, 1.807) is 12.1 Å². The third-order valence-electron chi connectivity index (χ3n) is 5.79. The molecule has 0 radical (unpaired) electrons. The molecular weight excluding hydrogens is 330 g/mol. The Balaban J connectivity index is 1.90. The highest BCUT2D eigenvalue weighted by molar-refractivity contribution is 5.96. The Kier molecular flexibility index (Phi) is 5.79. The molecule has 0 saturated carbocycles. The van der Waals surface area contributed by atoms with Crippen LogP contribution in [0.4, 0.5) is 11.4 Å². The average molecular weight is 359 g/mol. The van der Waals surface area contributed by atoms with Crippen LogP contribution in [0.3, 0.4) is 0 Å². The van der Waals surface area contributed by atoms with Crippen molar-refractivity contribution < 1.29 is 9.72 Å².